The third-order valence-corrected chi connectivity index (χ3v) is 3.85. The summed E-state index contributed by atoms with van der Waals surface area (Å²) in [4.78, 5) is 0. The van der Waals surface area contributed by atoms with Gasteiger partial charge in [0.2, 0.25) is 5.16 Å². The number of rotatable bonds is 5. The van der Waals surface area contributed by atoms with Crippen LogP contribution in [0, 0.1) is 12.3 Å². The number of aromatic nitrogens is 4. The molecule has 0 amide bonds. The van der Waals surface area contributed by atoms with E-state index in [0.29, 0.717) is 6.04 Å². The number of unbranched alkanes of at least 4 members (excludes halogenated alkanes) is 1. The van der Waals surface area contributed by atoms with Crippen molar-refractivity contribution in [3.63, 3.8) is 0 Å². The average Bonchev–Trinajstić information content (AvgIpc) is 2.94. The van der Waals surface area contributed by atoms with Gasteiger partial charge >= 0.3 is 0 Å². The van der Waals surface area contributed by atoms with Crippen LogP contribution in [0.1, 0.15) is 44.6 Å². The van der Waals surface area contributed by atoms with Crippen molar-refractivity contribution in [1.82, 2.24) is 20.2 Å². The molecule has 5 heteroatoms. The van der Waals surface area contributed by atoms with E-state index in [-0.39, 0.29) is 0 Å². The number of hydrogen-bond acceptors (Lipinski definition) is 4. The largest absolute Gasteiger partial charge is 0.217 e. The van der Waals surface area contributed by atoms with E-state index in [9.17, 15) is 0 Å². The molecule has 2 rings (SSSR count). The highest BCUT2D eigenvalue weighted by Gasteiger charge is 2.21. The molecule has 0 aliphatic heterocycles. The Labute approximate surface area is 100 Å². The molecule has 16 heavy (non-hydrogen) atoms. The lowest BCUT2D eigenvalue weighted by Crippen LogP contribution is -2.08. The summed E-state index contributed by atoms with van der Waals surface area (Å²) in [6.45, 7) is 0. The molecule has 86 valence electrons. The average molecular weight is 236 g/mol. The zero-order valence-electron chi connectivity index (χ0n) is 9.30. The second kappa shape index (κ2) is 5.90. The molecule has 0 unspecified atom stereocenters. The predicted octanol–water partition coefficient (Wildman–Crippen LogP) is 2.29. The summed E-state index contributed by atoms with van der Waals surface area (Å²) < 4.78 is 1.99. The Morgan fingerprint density at radius 2 is 2.25 bits per heavy atom. The van der Waals surface area contributed by atoms with Crippen LogP contribution in [-0.2, 0) is 0 Å². The first-order chi connectivity index (χ1) is 7.92. The topological polar surface area (TPSA) is 43.6 Å². The van der Waals surface area contributed by atoms with Crippen LogP contribution in [0.25, 0.3) is 0 Å². The SMILES string of the molecule is C#CCCCSc1nnnn1C1CCCC1. The van der Waals surface area contributed by atoms with Gasteiger partial charge in [0.15, 0.2) is 0 Å². The van der Waals surface area contributed by atoms with Crippen LogP contribution in [-0.4, -0.2) is 26.0 Å². The predicted molar refractivity (Wildman–Crippen MR) is 64.1 cm³/mol. The van der Waals surface area contributed by atoms with Crippen molar-refractivity contribution in [3.8, 4) is 12.3 Å². The molecule has 4 nitrogen and oxygen atoms in total. The lowest BCUT2D eigenvalue weighted by atomic mass is 10.3. The van der Waals surface area contributed by atoms with E-state index in [1.54, 1.807) is 11.8 Å². The van der Waals surface area contributed by atoms with Crippen molar-refractivity contribution in [2.24, 2.45) is 0 Å². The number of hydrogen-bond donors (Lipinski definition) is 0. The molecule has 1 aliphatic carbocycles. The van der Waals surface area contributed by atoms with Crippen LogP contribution in [0.4, 0.5) is 0 Å². The fourth-order valence-electron chi connectivity index (χ4n) is 2.00. The van der Waals surface area contributed by atoms with Crippen LogP contribution in [0.2, 0.25) is 0 Å². The molecule has 0 aromatic carbocycles. The summed E-state index contributed by atoms with van der Waals surface area (Å²) in [6, 6.07) is 0.519. The van der Waals surface area contributed by atoms with Crippen molar-refractivity contribution in [3.05, 3.63) is 0 Å². The third-order valence-electron chi connectivity index (χ3n) is 2.83. The number of tetrazole rings is 1. The summed E-state index contributed by atoms with van der Waals surface area (Å²) in [5, 5.41) is 12.9. The van der Waals surface area contributed by atoms with Gasteiger partial charge in [-0.2, -0.15) is 0 Å². The monoisotopic (exact) mass is 236 g/mol. The summed E-state index contributed by atoms with van der Waals surface area (Å²) in [7, 11) is 0. The van der Waals surface area contributed by atoms with Gasteiger partial charge in [0.1, 0.15) is 0 Å². The molecular weight excluding hydrogens is 220 g/mol. The van der Waals surface area contributed by atoms with E-state index in [4.69, 9.17) is 6.42 Å². The molecular formula is C11H16N4S. The maximum Gasteiger partial charge on any atom is 0.209 e. The van der Waals surface area contributed by atoms with Crippen LogP contribution >= 0.6 is 11.8 Å². The summed E-state index contributed by atoms with van der Waals surface area (Å²) in [5.74, 6) is 3.64. The van der Waals surface area contributed by atoms with Crippen molar-refractivity contribution >= 4 is 11.8 Å². The Balaban J connectivity index is 1.89. The molecule has 0 atom stereocenters. The Morgan fingerprint density at radius 1 is 1.44 bits per heavy atom. The zero-order chi connectivity index (χ0) is 11.2. The summed E-state index contributed by atoms with van der Waals surface area (Å²) in [5.41, 5.74) is 0. The Kier molecular flexibility index (Phi) is 4.23. The van der Waals surface area contributed by atoms with Gasteiger partial charge in [-0.15, -0.1) is 17.4 Å². The van der Waals surface area contributed by atoms with Gasteiger partial charge in [-0.1, -0.05) is 24.6 Å². The first-order valence-electron chi connectivity index (χ1n) is 5.76. The second-order valence-corrected chi connectivity index (χ2v) is 5.06. The number of thioether (sulfide) groups is 1. The molecule has 1 aromatic heterocycles. The summed E-state index contributed by atoms with van der Waals surface area (Å²) in [6.07, 6.45) is 12.1. The van der Waals surface area contributed by atoms with Crippen LogP contribution in [0.15, 0.2) is 5.16 Å². The first kappa shape index (κ1) is 11.5. The highest BCUT2D eigenvalue weighted by Crippen LogP contribution is 2.31. The molecule has 1 aliphatic rings. The van der Waals surface area contributed by atoms with E-state index >= 15 is 0 Å². The molecule has 1 aromatic rings. The van der Waals surface area contributed by atoms with E-state index < -0.39 is 0 Å². The van der Waals surface area contributed by atoms with Gasteiger partial charge in [-0.3, -0.25) is 0 Å². The molecule has 0 radical (unpaired) electrons. The fraction of sp³-hybridized carbons (Fsp3) is 0.727. The fourth-order valence-corrected chi connectivity index (χ4v) is 2.88. The van der Waals surface area contributed by atoms with Crippen LogP contribution in [0.3, 0.4) is 0 Å². The van der Waals surface area contributed by atoms with Gasteiger partial charge in [0, 0.05) is 12.2 Å². The van der Waals surface area contributed by atoms with Crippen molar-refractivity contribution in [2.75, 3.05) is 5.75 Å². The zero-order valence-corrected chi connectivity index (χ0v) is 10.1. The highest BCUT2D eigenvalue weighted by atomic mass is 32.2. The lowest BCUT2D eigenvalue weighted by Gasteiger charge is -2.10. The van der Waals surface area contributed by atoms with Crippen molar-refractivity contribution in [1.29, 1.82) is 0 Å². The molecule has 1 saturated carbocycles. The minimum absolute atomic E-state index is 0.519. The Morgan fingerprint density at radius 3 is 3.00 bits per heavy atom. The molecule has 0 N–H and O–H groups in total. The van der Waals surface area contributed by atoms with Gasteiger partial charge in [0.05, 0.1) is 6.04 Å². The van der Waals surface area contributed by atoms with Crippen LogP contribution < -0.4 is 0 Å². The highest BCUT2D eigenvalue weighted by molar-refractivity contribution is 7.99. The van der Waals surface area contributed by atoms with E-state index in [1.807, 2.05) is 4.68 Å². The van der Waals surface area contributed by atoms with E-state index in [1.165, 1.54) is 25.7 Å². The smallest absolute Gasteiger partial charge is 0.209 e. The maximum atomic E-state index is 5.21. The second-order valence-electron chi connectivity index (χ2n) is 4.00. The molecule has 1 fully saturated rings. The van der Waals surface area contributed by atoms with E-state index in [2.05, 4.69) is 21.4 Å². The minimum atomic E-state index is 0.519. The number of terminal acetylenes is 1. The van der Waals surface area contributed by atoms with Crippen molar-refractivity contribution in [2.45, 2.75) is 49.7 Å². The van der Waals surface area contributed by atoms with Gasteiger partial charge < -0.3 is 0 Å². The summed E-state index contributed by atoms with van der Waals surface area (Å²) >= 11 is 1.71. The molecule has 0 spiro atoms. The Hall–Kier alpha value is -1.02. The molecule has 0 saturated heterocycles. The van der Waals surface area contributed by atoms with E-state index in [0.717, 1.165) is 23.8 Å². The van der Waals surface area contributed by atoms with Gasteiger partial charge in [-0.25, -0.2) is 4.68 Å². The quantitative estimate of drug-likeness (QED) is 0.447. The molecule has 0 bridgehead atoms. The van der Waals surface area contributed by atoms with Crippen molar-refractivity contribution < 1.29 is 0 Å². The lowest BCUT2D eigenvalue weighted by molar-refractivity contribution is 0.423. The third kappa shape index (κ3) is 2.76. The normalized spacial score (nSPS) is 16.4. The minimum Gasteiger partial charge on any atom is -0.217 e. The maximum absolute atomic E-state index is 5.21. The number of nitrogens with zero attached hydrogens (tertiary/aromatic N) is 4. The van der Waals surface area contributed by atoms with Gasteiger partial charge in [-0.05, 0) is 29.7 Å². The Bertz CT molecular complexity index is 362. The van der Waals surface area contributed by atoms with Crippen LogP contribution in [0.5, 0.6) is 0 Å². The van der Waals surface area contributed by atoms with Gasteiger partial charge in [0.25, 0.3) is 0 Å². The standard InChI is InChI=1S/C11H16N4S/c1-2-3-6-9-16-11-12-13-14-15(11)10-7-4-5-8-10/h1,10H,3-9H2. The molecule has 1 heterocycles. The first-order valence-corrected chi connectivity index (χ1v) is 6.74.